The molecular formula is C12H14BrNO5S. The Morgan fingerprint density at radius 1 is 1.45 bits per heavy atom. The minimum atomic E-state index is -3.96. The number of benzene rings is 1. The van der Waals surface area contributed by atoms with Crippen molar-refractivity contribution in [2.45, 2.75) is 30.4 Å². The second-order valence-electron chi connectivity index (χ2n) is 4.73. The van der Waals surface area contributed by atoms with Crippen LogP contribution < -0.4 is 0 Å². The molecule has 2 unspecified atom stereocenters. The zero-order chi connectivity index (χ0) is 15.1. The molecule has 2 atom stereocenters. The average molecular weight is 364 g/mol. The first-order valence-corrected chi connectivity index (χ1v) is 8.15. The van der Waals surface area contributed by atoms with Crippen molar-refractivity contribution in [2.75, 3.05) is 6.54 Å². The van der Waals surface area contributed by atoms with E-state index < -0.39 is 28.1 Å². The Labute approximate surface area is 125 Å². The summed E-state index contributed by atoms with van der Waals surface area (Å²) in [6.45, 7) is 1.44. The number of halogens is 1. The van der Waals surface area contributed by atoms with Gasteiger partial charge in [0.2, 0.25) is 10.0 Å². The van der Waals surface area contributed by atoms with Crippen LogP contribution in [0.5, 0.6) is 0 Å². The normalized spacial score (nSPS) is 23.9. The van der Waals surface area contributed by atoms with E-state index in [1.807, 2.05) is 0 Å². The van der Waals surface area contributed by atoms with Crippen molar-refractivity contribution in [3.8, 4) is 0 Å². The molecule has 1 aliphatic heterocycles. The third-order valence-corrected chi connectivity index (χ3v) is 5.77. The van der Waals surface area contributed by atoms with E-state index in [1.165, 1.54) is 6.07 Å². The molecule has 2 rings (SSSR count). The maximum Gasteiger partial charge on any atom is 0.322 e. The molecule has 6 nitrogen and oxygen atoms in total. The molecule has 1 aromatic rings. The van der Waals surface area contributed by atoms with Crippen LogP contribution in [-0.4, -0.2) is 47.6 Å². The van der Waals surface area contributed by atoms with Crippen LogP contribution in [0.4, 0.5) is 0 Å². The number of rotatable bonds is 3. The largest absolute Gasteiger partial charge is 0.480 e. The van der Waals surface area contributed by atoms with Crippen LogP contribution in [0.25, 0.3) is 0 Å². The number of aryl methyl sites for hydroxylation is 1. The first-order chi connectivity index (χ1) is 9.23. The highest BCUT2D eigenvalue weighted by Crippen LogP contribution is 2.29. The lowest BCUT2D eigenvalue weighted by atomic mass is 10.2. The number of nitrogens with zero attached hydrogens (tertiary/aromatic N) is 1. The Bertz CT molecular complexity index is 645. The van der Waals surface area contributed by atoms with E-state index >= 15 is 0 Å². The van der Waals surface area contributed by atoms with Gasteiger partial charge in [0.25, 0.3) is 0 Å². The fourth-order valence-electron chi connectivity index (χ4n) is 2.25. The minimum Gasteiger partial charge on any atom is -0.480 e. The molecule has 1 heterocycles. The topological polar surface area (TPSA) is 94.9 Å². The van der Waals surface area contributed by atoms with Crippen LogP contribution >= 0.6 is 15.9 Å². The van der Waals surface area contributed by atoms with E-state index in [9.17, 15) is 18.3 Å². The van der Waals surface area contributed by atoms with Gasteiger partial charge in [0.15, 0.2) is 0 Å². The molecule has 0 aliphatic carbocycles. The van der Waals surface area contributed by atoms with Crippen molar-refractivity contribution in [2.24, 2.45) is 0 Å². The van der Waals surface area contributed by atoms with Crippen molar-refractivity contribution in [3.05, 3.63) is 28.2 Å². The van der Waals surface area contributed by atoms with E-state index in [0.29, 0.717) is 10.0 Å². The smallest absolute Gasteiger partial charge is 0.322 e. The molecule has 0 amide bonds. The molecule has 0 spiro atoms. The SMILES string of the molecule is Cc1ccc(Br)cc1S(=O)(=O)N1CC(O)CC1C(=O)O. The van der Waals surface area contributed by atoms with Gasteiger partial charge in [0, 0.05) is 17.4 Å². The number of hydrogen-bond donors (Lipinski definition) is 2. The number of aliphatic hydroxyl groups excluding tert-OH is 1. The summed E-state index contributed by atoms with van der Waals surface area (Å²) < 4.78 is 26.6. The highest BCUT2D eigenvalue weighted by molar-refractivity contribution is 9.10. The fraction of sp³-hybridized carbons (Fsp3) is 0.417. The average Bonchev–Trinajstić information content (AvgIpc) is 2.75. The highest BCUT2D eigenvalue weighted by atomic mass is 79.9. The summed E-state index contributed by atoms with van der Waals surface area (Å²) in [5.41, 5.74) is 0.527. The second-order valence-corrected chi connectivity index (χ2v) is 7.50. The molecule has 20 heavy (non-hydrogen) atoms. The van der Waals surface area contributed by atoms with Crippen molar-refractivity contribution in [1.82, 2.24) is 4.31 Å². The molecule has 2 N–H and O–H groups in total. The standard InChI is InChI=1S/C12H14BrNO5S/c1-7-2-3-8(13)4-11(7)20(18,19)14-6-9(15)5-10(14)12(16)17/h2-4,9-10,15H,5-6H2,1H3,(H,16,17). The minimum absolute atomic E-state index is 0.0484. The molecule has 0 bridgehead atoms. The first-order valence-electron chi connectivity index (χ1n) is 5.92. The van der Waals surface area contributed by atoms with Gasteiger partial charge in [-0.2, -0.15) is 4.31 Å². The maximum atomic E-state index is 12.6. The first kappa shape index (κ1) is 15.4. The number of aliphatic hydroxyl groups is 1. The van der Waals surface area contributed by atoms with E-state index in [-0.39, 0.29) is 17.9 Å². The number of carbonyl (C=O) groups is 1. The van der Waals surface area contributed by atoms with Crippen LogP contribution in [0.2, 0.25) is 0 Å². The van der Waals surface area contributed by atoms with Crippen LogP contribution in [0, 0.1) is 6.92 Å². The quantitative estimate of drug-likeness (QED) is 0.833. The molecular weight excluding hydrogens is 350 g/mol. The number of sulfonamides is 1. The number of carboxylic acid groups (broad SMARTS) is 1. The van der Waals surface area contributed by atoms with Crippen LogP contribution in [0.3, 0.4) is 0 Å². The van der Waals surface area contributed by atoms with Gasteiger partial charge in [-0.3, -0.25) is 4.79 Å². The fourth-order valence-corrected chi connectivity index (χ4v) is 4.65. The molecule has 1 fully saturated rings. The Morgan fingerprint density at radius 3 is 2.70 bits per heavy atom. The van der Waals surface area contributed by atoms with Gasteiger partial charge in [-0.25, -0.2) is 8.42 Å². The number of aliphatic carboxylic acids is 1. The Kier molecular flexibility index (Phi) is 4.19. The summed E-state index contributed by atoms with van der Waals surface area (Å²) in [5, 5.41) is 18.7. The van der Waals surface area contributed by atoms with Crippen molar-refractivity contribution in [3.63, 3.8) is 0 Å². The Morgan fingerprint density at radius 2 is 2.10 bits per heavy atom. The number of β-amino-alcohol motifs (C(OH)–C–C–N with tert-alkyl or cyclic N) is 1. The molecule has 110 valence electrons. The van der Waals surface area contributed by atoms with Crippen LogP contribution in [0.15, 0.2) is 27.6 Å². The summed E-state index contributed by atoms with van der Waals surface area (Å²) in [4.78, 5) is 11.2. The number of carboxylic acids is 1. The van der Waals surface area contributed by atoms with Gasteiger partial charge in [0.05, 0.1) is 11.0 Å². The Hall–Kier alpha value is -0.960. The summed E-state index contributed by atoms with van der Waals surface area (Å²) >= 11 is 3.20. The zero-order valence-electron chi connectivity index (χ0n) is 10.7. The summed E-state index contributed by atoms with van der Waals surface area (Å²) in [7, 11) is -3.96. The predicted molar refractivity (Wildman–Crippen MR) is 74.8 cm³/mol. The van der Waals surface area contributed by atoms with Crippen LogP contribution in [0.1, 0.15) is 12.0 Å². The van der Waals surface area contributed by atoms with E-state index in [2.05, 4.69) is 15.9 Å². The van der Waals surface area contributed by atoms with Gasteiger partial charge in [-0.1, -0.05) is 22.0 Å². The van der Waals surface area contributed by atoms with E-state index in [1.54, 1.807) is 19.1 Å². The summed E-state index contributed by atoms with van der Waals surface area (Å²) in [6.07, 6.45) is -1.06. The van der Waals surface area contributed by atoms with E-state index in [0.717, 1.165) is 4.31 Å². The molecule has 0 saturated carbocycles. The lowest BCUT2D eigenvalue weighted by Gasteiger charge is -2.21. The highest BCUT2D eigenvalue weighted by Gasteiger charge is 2.43. The third kappa shape index (κ3) is 2.73. The van der Waals surface area contributed by atoms with Gasteiger partial charge < -0.3 is 10.2 Å². The summed E-state index contributed by atoms with van der Waals surface area (Å²) in [6, 6.07) is 3.56. The predicted octanol–water partition coefficient (Wildman–Crippen LogP) is 0.966. The van der Waals surface area contributed by atoms with Gasteiger partial charge in [-0.05, 0) is 24.6 Å². The molecule has 1 aliphatic rings. The van der Waals surface area contributed by atoms with Gasteiger partial charge >= 0.3 is 5.97 Å². The lowest BCUT2D eigenvalue weighted by molar-refractivity contribution is -0.140. The molecule has 0 aromatic heterocycles. The molecule has 8 heteroatoms. The third-order valence-electron chi connectivity index (χ3n) is 3.26. The van der Waals surface area contributed by atoms with Crippen molar-refractivity contribution in [1.29, 1.82) is 0 Å². The van der Waals surface area contributed by atoms with E-state index in [4.69, 9.17) is 5.11 Å². The Balaban J connectivity index is 2.49. The summed E-state index contributed by atoms with van der Waals surface area (Å²) in [5.74, 6) is -1.25. The zero-order valence-corrected chi connectivity index (χ0v) is 13.1. The van der Waals surface area contributed by atoms with Crippen molar-refractivity contribution < 1.29 is 23.4 Å². The van der Waals surface area contributed by atoms with Gasteiger partial charge in [-0.15, -0.1) is 0 Å². The second kappa shape index (κ2) is 5.44. The van der Waals surface area contributed by atoms with Crippen molar-refractivity contribution >= 4 is 31.9 Å². The molecule has 0 radical (unpaired) electrons. The number of hydrogen-bond acceptors (Lipinski definition) is 4. The van der Waals surface area contributed by atoms with Gasteiger partial charge in [0.1, 0.15) is 6.04 Å². The maximum absolute atomic E-state index is 12.6. The monoisotopic (exact) mass is 363 g/mol. The molecule has 1 aromatic carbocycles. The lowest BCUT2D eigenvalue weighted by Crippen LogP contribution is -2.40. The molecule has 1 saturated heterocycles. The van der Waals surface area contributed by atoms with Crippen LogP contribution in [-0.2, 0) is 14.8 Å².